The summed E-state index contributed by atoms with van der Waals surface area (Å²) in [6.07, 6.45) is 0. The van der Waals surface area contributed by atoms with E-state index < -0.39 is 11.8 Å². The van der Waals surface area contributed by atoms with E-state index in [9.17, 15) is 9.59 Å². The van der Waals surface area contributed by atoms with Gasteiger partial charge >= 0.3 is 11.8 Å². The molecule has 0 saturated carbocycles. The molecule has 1 aromatic carbocycles. The Kier molecular flexibility index (Phi) is 6.27. The van der Waals surface area contributed by atoms with E-state index in [2.05, 4.69) is 10.6 Å². The molecule has 0 aromatic heterocycles. The summed E-state index contributed by atoms with van der Waals surface area (Å²) < 4.78 is 5.35. The van der Waals surface area contributed by atoms with E-state index in [1.54, 1.807) is 0 Å². The summed E-state index contributed by atoms with van der Waals surface area (Å²) in [5, 5.41) is 4.82. The van der Waals surface area contributed by atoms with Crippen molar-refractivity contribution in [3.05, 3.63) is 30.3 Å². The van der Waals surface area contributed by atoms with Crippen LogP contribution in [0.1, 0.15) is 0 Å². The normalized spacial score (nSPS) is 9.61. The van der Waals surface area contributed by atoms with Crippen molar-refractivity contribution in [1.82, 2.24) is 10.6 Å². The maximum atomic E-state index is 11.2. The summed E-state index contributed by atoms with van der Waals surface area (Å²) in [4.78, 5) is 22.4. The molecule has 0 atom stereocenters. The highest BCUT2D eigenvalue weighted by Crippen LogP contribution is 2.07. The number of para-hydroxylation sites is 1. The number of benzene rings is 1. The van der Waals surface area contributed by atoms with Gasteiger partial charge < -0.3 is 21.1 Å². The fourth-order valence-electron chi connectivity index (χ4n) is 1.20. The summed E-state index contributed by atoms with van der Waals surface area (Å²) in [6, 6.07) is 9.23. The average molecular weight is 251 g/mol. The fraction of sp³-hybridized carbons (Fsp3) is 0.333. The zero-order valence-electron chi connectivity index (χ0n) is 10.0. The summed E-state index contributed by atoms with van der Waals surface area (Å²) in [7, 11) is 0. The number of nitrogens with two attached hydrogens (primary N) is 1. The van der Waals surface area contributed by atoms with Crippen LogP contribution in [0.4, 0.5) is 0 Å². The predicted octanol–water partition coefficient (Wildman–Crippen LogP) is -0.743. The third-order valence-corrected chi connectivity index (χ3v) is 2.04. The molecular formula is C12H17N3O3. The molecule has 0 spiro atoms. The first-order chi connectivity index (χ1) is 8.74. The van der Waals surface area contributed by atoms with Gasteiger partial charge in [0.2, 0.25) is 0 Å². The Bertz CT molecular complexity index is 381. The molecule has 18 heavy (non-hydrogen) atoms. The maximum absolute atomic E-state index is 11.2. The van der Waals surface area contributed by atoms with E-state index in [1.165, 1.54) is 0 Å². The van der Waals surface area contributed by atoms with Gasteiger partial charge in [-0.2, -0.15) is 0 Å². The van der Waals surface area contributed by atoms with Crippen molar-refractivity contribution in [3.63, 3.8) is 0 Å². The Balaban J connectivity index is 2.14. The largest absolute Gasteiger partial charge is 0.492 e. The summed E-state index contributed by atoms with van der Waals surface area (Å²) >= 11 is 0. The van der Waals surface area contributed by atoms with Crippen LogP contribution in [-0.4, -0.2) is 38.1 Å². The summed E-state index contributed by atoms with van der Waals surface area (Å²) in [6.45, 7) is 1.16. The van der Waals surface area contributed by atoms with E-state index in [-0.39, 0.29) is 13.1 Å². The second-order valence-electron chi connectivity index (χ2n) is 3.46. The Labute approximate surface area is 105 Å². The third-order valence-electron chi connectivity index (χ3n) is 2.04. The van der Waals surface area contributed by atoms with Gasteiger partial charge in [0, 0.05) is 13.1 Å². The lowest BCUT2D eigenvalue weighted by molar-refractivity contribution is -0.139. The lowest BCUT2D eigenvalue weighted by Gasteiger charge is -2.07. The molecule has 0 fully saturated rings. The van der Waals surface area contributed by atoms with Crippen molar-refractivity contribution in [1.29, 1.82) is 0 Å². The SMILES string of the molecule is NCCNC(=O)C(=O)NCCOc1ccccc1. The summed E-state index contributed by atoms with van der Waals surface area (Å²) in [5.41, 5.74) is 5.20. The molecule has 0 aliphatic heterocycles. The second-order valence-corrected chi connectivity index (χ2v) is 3.46. The van der Waals surface area contributed by atoms with Gasteiger partial charge in [-0.3, -0.25) is 9.59 Å². The van der Waals surface area contributed by atoms with E-state index in [0.29, 0.717) is 13.2 Å². The van der Waals surface area contributed by atoms with Crippen LogP contribution in [0.5, 0.6) is 5.75 Å². The third kappa shape index (κ3) is 5.31. The topological polar surface area (TPSA) is 93.5 Å². The molecule has 0 aliphatic carbocycles. The number of carbonyl (C=O) groups excluding carboxylic acids is 2. The highest BCUT2D eigenvalue weighted by Gasteiger charge is 2.11. The molecule has 2 amide bonds. The molecule has 0 heterocycles. The van der Waals surface area contributed by atoms with E-state index in [4.69, 9.17) is 10.5 Å². The number of carbonyl (C=O) groups is 2. The first kappa shape index (κ1) is 14.0. The Morgan fingerprint density at radius 2 is 1.67 bits per heavy atom. The standard InChI is InChI=1S/C12H17N3O3/c13-6-7-14-11(16)12(17)15-8-9-18-10-4-2-1-3-5-10/h1-5H,6-9,13H2,(H,14,16)(H,15,17). The van der Waals surface area contributed by atoms with Crippen LogP contribution in [0.2, 0.25) is 0 Å². The Morgan fingerprint density at radius 3 is 2.28 bits per heavy atom. The molecule has 0 unspecified atom stereocenters. The highest BCUT2D eigenvalue weighted by molar-refractivity contribution is 6.35. The van der Waals surface area contributed by atoms with Crippen LogP contribution in [0.25, 0.3) is 0 Å². The lowest BCUT2D eigenvalue weighted by Crippen LogP contribution is -2.42. The maximum Gasteiger partial charge on any atom is 0.309 e. The summed E-state index contributed by atoms with van der Waals surface area (Å²) in [5.74, 6) is -0.639. The zero-order chi connectivity index (χ0) is 13.2. The highest BCUT2D eigenvalue weighted by atomic mass is 16.5. The monoisotopic (exact) mass is 251 g/mol. The second kappa shape index (κ2) is 8.08. The van der Waals surface area contributed by atoms with E-state index >= 15 is 0 Å². The van der Waals surface area contributed by atoms with Crippen molar-refractivity contribution in [2.24, 2.45) is 5.73 Å². The molecule has 0 radical (unpaired) electrons. The van der Waals surface area contributed by atoms with Crippen LogP contribution >= 0.6 is 0 Å². The number of hydrogen-bond acceptors (Lipinski definition) is 4. The van der Waals surface area contributed by atoms with Crippen LogP contribution in [0, 0.1) is 0 Å². The van der Waals surface area contributed by atoms with E-state index in [0.717, 1.165) is 5.75 Å². The van der Waals surface area contributed by atoms with Gasteiger partial charge in [0.25, 0.3) is 0 Å². The van der Waals surface area contributed by atoms with Crippen molar-refractivity contribution < 1.29 is 14.3 Å². The molecule has 0 saturated heterocycles. The number of ether oxygens (including phenoxy) is 1. The molecular weight excluding hydrogens is 234 g/mol. The lowest BCUT2D eigenvalue weighted by atomic mass is 10.3. The quantitative estimate of drug-likeness (QED) is 0.458. The van der Waals surface area contributed by atoms with Crippen molar-refractivity contribution in [3.8, 4) is 5.75 Å². The molecule has 1 aromatic rings. The minimum absolute atomic E-state index is 0.268. The van der Waals surface area contributed by atoms with Gasteiger partial charge in [-0.05, 0) is 12.1 Å². The van der Waals surface area contributed by atoms with Gasteiger partial charge in [-0.25, -0.2) is 0 Å². The van der Waals surface area contributed by atoms with Gasteiger partial charge in [-0.1, -0.05) is 18.2 Å². The van der Waals surface area contributed by atoms with Crippen LogP contribution in [0.15, 0.2) is 30.3 Å². The first-order valence-electron chi connectivity index (χ1n) is 5.68. The van der Waals surface area contributed by atoms with Crippen molar-refractivity contribution in [2.45, 2.75) is 0 Å². The minimum atomic E-state index is -0.680. The average Bonchev–Trinajstić information content (AvgIpc) is 2.41. The van der Waals surface area contributed by atoms with Crippen LogP contribution in [-0.2, 0) is 9.59 Å². The van der Waals surface area contributed by atoms with Crippen LogP contribution < -0.4 is 21.1 Å². The van der Waals surface area contributed by atoms with Crippen molar-refractivity contribution in [2.75, 3.05) is 26.2 Å². The number of amides is 2. The van der Waals surface area contributed by atoms with E-state index in [1.807, 2.05) is 30.3 Å². The van der Waals surface area contributed by atoms with Gasteiger partial charge in [0.15, 0.2) is 0 Å². The molecule has 98 valence electrons. The van der Waals surface area contributed by atoms with Crippen molar-refractivity contribution >= 4 is 11.8 Å². The van der Waals surface area contributed by atoms with Crippen LogP contribution in [0.3, 0.4) is 0 Å². The number of hydrogen-bond donors (Lipinski definition) is 3. The molecule has 4 N–H and O–H groups in total. The molecule has 0 bridgehead atoms. The zero-order valence-corrected chi connectivity index (χ0v) is 10.0. The smallest absolute Gasteiger partial charge is 0.309 e. The molecule has 6 nitrogen and oxygen atoms in total. The van der Waals surface area contributed by atoms with Gasteiger partial charge in [0.05, 0.1) is 6.54 Å². The fourth-order valence-corrected chi connectivity index (χ4v) is 1.20. The Morgan fingerprint density at radius 1 is 1.06 bits per heavy atom. The van der Waals surface area contributed by atoms with Gasteiger partial charge in [-0.15, -0.1) is 0 Å². The first-order valence-corrected chi connectivity index (χ1v) is 5.68. The predicted molar refractivity (Wildman–Crippen MR) is 67.0 cm³/mol. The number of rotatable bonds is 6. The number of nitrogens with one attached hydrogen (secondary N) is 2. The molecule has 1 rings (SSSR count). The Hall–Kier alpha value is -2.08. The molecule has 6 heteroatoms. The molecule has 0 aliphatic rings. The van der Waals surface area contributed by atoms with Gasteiger partial charge in [0.1, 0.15) is 12.4 Å². The minimum Gasteiger partial charge on any atom is -0.492 e.